The molecule has 0 spiro atoms. The number of carbonyl (C=O) groups excluding carboxylic acids is 1. The first-order chi connectivity index (χ1) is 16.1. The smallest absolute Gasteiger partial charge is 0.337 e. The Morgan fingerprint density at radius 3 is 2.55 bits per heavy atom. The molecule has 2 aromatic carbocycles. The number of ether oxygens (including phenoxy) is 5. The van der Waals surface area contributed by atoms with Gasteiger partial charge in [0, 0.05) is 36.4 Å². The molecule has 2 N–H and O–H groups in total. The molecule has 9 nitrogen and oxygen atoms in total. The number of esters is 1. The zero-order valence-corrected chi connectivity index (χ0v) is 18.4. The van der Waals surface area contributed by atoms with Crippen molar-refractivity contribution in [1.29, 1.82) is 0 Å². The van der Waals surface area contributed by atoms with E-state index in [0.717, 1.165) is 22.5 Å². The lowest BCUT2D eigenvalue weighted by Gasteiger charge is -2.36. The van der Waals surface area contributed by atoms with Crippen molar-refractivity contribution in [3.63, 3.8) is 0 Å². The van der Waals surface area contributed by atoms with Crippen LogP contribution in [0, 0.1) is 0 Å². The molecule has 3 heterocycles. The maximum absolute atomic E-state index is 13.0. The summed E-state index contributed by atoms with van der Waals surface area (Å²) in [6, 6.07) is 7.43. The van der Waals surface area contributed by atoms with Gasteiger partial charge in [-0.25, -0.2) is 4.79 Å². The van der Waals surface area contributed by atoms with E-state index in [9.17, 15) is 15.0 Å². The summed E-state index contributed by atoms with van der Waals surface area (Å²) < 4.78 is 27.7. The quantitative estimate of drug-likeness (QED) is 0.607. The maximum atomic E-state index is 13.0. The lowest BCUT2D eigenvalue weighted by Crippen LogP contribution is -2.32. The maximum Gasteiger partial charge on any atom is 0.337 e. The van der Waals surface area contributed by atoms with Crippen LogP contribution >= 0.6 is 0 Å². The summed E-state index contributed by atoms with van der Waals surface area (Å²) in [5.74, 6) is 1.25. The molecule has 3 aliphatic heterocycles. The summed E-state index contributed by atoms with van der Waals surface area (Å²) >= 11 is 0. The Morgan fingerprint density at radius 2 is 1.85 bits per heavy atom. The van der Waals surface area contributed by atoms with Gasteiger partial charge in [0.25, 0.3) is 0 Å². The molecule has 0 aromatic heterocycles. The van der Waals surface area contributed by atoms with E-state index in [0.29, 0.717) is 47.1 Å². The molecule has 0 fully saturated rings. The van der Waals surface area contributed by atoms with Gasteiger partial charge in [0.2, 0.25) is 6.79 Å². The van der Waals surface area contributed by atoms with Crippen LogP contribution in [0.1, 0.15) is 29.0 Å². The van der Waals surface area contributed by atoms with Crippen molar-refractivity contribution in [3.05, 3.63) is 52.2 Å². The summed E-state index contributed by atoms with van der Waals surface area (Å²) in [6.45, 7) is 0.545. The van der Waals surface area contributed by atoms with Crippen LogP contribution in [0.2, 0.25) is 0 Å². The molecule has 5 rings (SSSR count). The van der Waals surface area contributed by atoms with Crippen LogP contribution < -0.4 is 23.8 Å². The van der Waals surface area contributed by atoms with Gasteiger partial charge >= 0.3 is 5.97 Å². The molecule has 1 unspecified atom stereocenters. The molecule has 33 heavy (non-hydrogen) atoms. The molecule has 0 radical (unpaired) electrons. The second-order valence-electron chi connectivity index (χ2n) is 7.94. The third-order valence-electron chi connectivity index (χ3n) is 6.23. The SMILES string of the molecule is COc1cc(C2C3=C(COC3=O)N(CCCO)c3cc4c(cc32)OCO4)cc(CO)c1OC. The van der Waals surface area contributed by atoms with Gasteiger partial charge < -0.3 is 38.8 Å². The van der Waals surface area contributed by atoms with E-state index < -0.39 is 11.9 Å². The number of cyclic esters (lactones) is 1. The standard InChI is InChI=1S/C24H25NO8/c1-29-20-7-13(6-14(10-27)23(20)30-2)21-15-8-18-19(33-12-32-18)9-16(15)25(4-3-5-26)17-11-31-24(28)22(17)21/h6-9,21,26-27H,3-5,10-12H2,1-2H3. The van der Waals surface area contributed by atoms with Gasteiger partial charge in [0.05, 0.1) is 32.1 Å². The number of hydrogen-bond donors (Lipinski definition) is 2. The minimum Gasteiger partial charge on any atom is -0.493 e. The van der Waals surface area contributed by atoms with Crippen LogP contribution in [0.3, 0.4) is 0 Å². The average molecular weight is 455 g/mol. The molecule has 0 aliphatic carbocycles. The van der Waals surface area contributed by atoms with Crippen molar-refractivity contribution in [2.75, 3.05) is 45.7 Å². The Kier molecular flexibility index (Phi) is 5.51. The molecule has 1 atom stereocenters. The number of anilines is 1. The second-order valence-corrected chi connectivity index (χ2v) is 7.94. The first-order valence-corrected chi connectivity index (χ1v) is 10.7. The second kappa shape index (κ2) is 8.49. The van der Waals surface area contributed by atoms with E-state index in [1.807, 2.05) is 29.2 Å². The van der Waals surface area contributed by atoms with Crippen LogP contribution in [-0.2, 0) is 16.1 Å². The number of fused-ring (bicyclic) bond motifs is 2. The van der Waals surface area contributed by atoms with E-state index in [-0.39, 0.29) is 26.6 Å². The third-order valence-corrected chi connectivity index (χ3v) is 6.23. The lowest BCUT2D eigenvalue weighted by atomic mass is 9.79. The number of hydrogen-bond acceptors (Lipinski definition) is 9. The molecule has 174 valence electrons. The molecule has 0 saturated heterocycles. The largest absolute Gasteiger partial charge is 0.493 e. The highest BCUT2D eigenvalue weighted by Gasteiger charge is 2.43. The summed E-state index contributed by atoms with van der Waals surface area (Å²) in [4.78, 5) is 15.0. The van der Waals surface area contributed by atoms with Crippen molar-refractivity contribution in [2.45, 2.75) is 18.9 Å². The van der Waals surface area contributed by atoms with Crippen molar-refractivity contribution in [2.24, 2.45) is 0 Å². The number of aliphatic hydroxyl groups is 2. The first kappa shape index (κ1) is 21.4. The first-order valence-electron chi connectivity index (χ1n) is 10.7. The van der Waals surface area contributed by atoms with E-state index in [1.165, 1.54) is 14.2 Å². The fraction of sp³-hybridized carbons (Fsp3) is 0.375. The highest BCUT2D eigenvalue weighted by molar-refractivity contribution is 5.98. The Labute approximate surface area is 190 Å². The minimum absolute atomic E-state index is 0.0206. The molecule has 9 heteroatoms. The van der Waals surface area contributed by atoms with Gasteiger partial charge in [0.15, 0.2) is 23.0 Å². The van der Waals surface area contributed by atoms with Crippen LogP contribution in [0.4, 0.5) is 5.69 Å². The van der Waals surface area contributed by atoms with Gasteiger partial charge in [-0.2, -0.15) is 0 Å². The van der Waals surface area contributed by atoms with Crippen molar-refractivity contribution >= 4 is 11.7 Å². The molecule has 3 aliphatic rings. The number of aliphatic hydroxyl groups excluding tert-OH is 2. The highest BCUT2D eigenvalue weighted by Crippen LogP contribution is 2.52. The topological polar surface area (TPSA) is 107 Å². The van der Waals surface area contributed by atoms with Gasteiger partial charge in [-0.05, 0) is 35.7 Å². The molecule has 0 amide bonds. The normalized spacial score (nSPS) is 18.2. The monoisotopic (exact) mass is 455 g/mol. The predicted octanol–water partition coefficient (Wildman–Crippen LogP) is 2.07. The zero-order valence-electron chi connectivity index (χ0n) is 18.4. The summed E-state index contributed by atoms with van der Waals surface area (Å²) in [7, 11) is 3.04. The highest BCUT2D eigenvalue weighted by atomic mass is 16.7. The van der Waals surface area contributed by atoms with E-state index >= 15 is 0 Å². The number of carbonyl (C=O) groups is 1. The average Bonchev–Trinajstić information content (AvgIpc) is 3.45. The van der Waals surface area contributed by atoms with Gasteiger partial charge in [0.1, 0.15) is 6.61 Å². The third kappa shape index (κ3) is 3.35. The number of nitrogens with zero attached hydrogens (tertiary/aromatic N) is 1. The van der Waals surface area contributed by atoms with Crippen LogP contribution in [0.15, 0.2) is 35.5 Å². The Balaban J connectivity index is 1.75. The summed E-state index contributed by atoms with van der Waals surface area (Å²) in [5.41, 5.74) is 4.27. The van der Waals surface area contributed by atoms with Gasteiger partial charge in [-0.1, -0.05) is 0 Å². The zero-order chi connectivity index (χ0) is 23.1. The predicted molar refractivity (Wildman–Crippen MR) is 117 cm³/mol. The molecule has 2 aromatic rings. The van der Waals surface area contributed by atoms with Crippen LogP contribution in [0.25, 0.3) is 0 Å². The molecular weight excluding hydrogens is 430 g/mol. The number of methoxy groups -OCH3 is 2. The number of benzene rings is 2. The van der Waals surface area contributed by atoms with E-state index in [1.54, 1.807) is 0 Å². The van der Waals surface area contributed by atoms with Crippen molar-refractivity contribution in [3.8, 4) is 23.0 Å². The Bertz CT molecular complexity index is 1120. The van der Waals surface area contributed by atoms with E-state index in [2.05, 4.69) is 0 Å². The van der Waals surface area contributed by atoms with Crippen LogP contribution in [0.5, 0.6) is 23.0 Å². The molecule has 0 saturated carbocycles. The van der Waals surface area contributed by atoms with Gasteiger partial charge in [-0.15, -0.1) is 0 Å². The fourth-order valence-corrected chi connectivity index (χ4v) is 4.81. The Hall–Kier alpha value is -3.43. The molecule has 0 bridgehead atoms. The number of rotatable bonds is 7. The summed E-state index contributed by atoms with van der Waals surface area (Å²) in [6.07, 6.45) is 0.522. The van der Waals surface area contributed by atoms with E-state index in [4.69, 9.17) is 23.7 Å². The van der Waals surface area contributed by atoms with Gasteiger partial charge in [-0.3, -0.25) is 0 Å². The van der Waals surface area contributed by atoms with Crippen molar-refractivity contribution < 1.29 is 38.7 Å². The lowest BCUT2D eigenvalue weighted by molar-refractivity contribution is -0.136. The minimum atomic E-state index is -0.477. The van der Waals surface area contributed by atoms with Crippen molar-refractivity contribution in [1.82, 2.24) is 0 Å². The molecular formula is C24H25NO8. The fourth-order valence-electron chi connectivity index (χ4n) is 4.81. The summed E-state index contributed by atoms with van der Waals surface area (Å²) in [5, 5.41) is 19.4. The van der Waals surface area contributed by atoms with Crippen LogP contribution in [-0.4, -0.2) is 57.0 Å². The Morgan fingerprint density at radius 1 is 1.06 bits per heavy atom.